The molecule has 1 aliphatic carbocycles. The van der Waals surface area contributed by atoms with Gasteiger partial charge in [0.05, 0.1) is 0 Å². The average molecular weight is 252 g/mol. The zero-order valence-electron chi connectivity index (χ0n) is 10.4. The molecule has 0 spiro atoms. The Labute approximate surface area is 107 Å². The van der Waals surface area contributed by atoms with Crippen molar-refractivity contribution >= 4 is 16.7 Å². The first kappa shape index (κ1) is 11.4. The Kier molecular flexibility index (Phi) is 3.29. The van der Waals surface area contributed by atoms with Crippen LogP contribution in [0, 0.1) is 5.92 Å². The van der Waals surface area contributed by atoms with Crippen molar-refractivity contribution in [2.75, 3.05) is 31.6 Å². The first-order valence-electron chi connectivity index (χ1n) is 6.60. The van der Waals surface area contributed by atoms with Gasteiger partial charge in [0.1, 0.15) is 5.82 Å². The molecule has 5 heteroatoms. The van der Waals surface area contributed by atoms with E-state index >= 15 is 0 Å². The molecule has 1 aromatic rings. The summed E-state index contributed by atoms with van der Waals surface area (Å²) in [4.78, 5) is 7.13. The molecule has 1 saturated heterocycles. The van der Waals surface area contributed by atoms with Crippen molar-refractivity contribution in [1.29, 1.82) is 0 Å². The van der Waals surface area contributed by atoms with E-state index in [0.29, 0.717) is 5.92 Å². The zero-order chi connectivity index (χ0) is 11.7. The second-order valence-electron chi connectivity index (χ2n) is 5.22. The highest BCUT2D eigenvalue weighted by molar-refractivity contribution is 7.09. The number of hydrogen-bond acceptors (Lipinski definition) is 5. The van der Waals surface area contributed by atoms with Crippen LogP contribution in [0.25, 0.3) is 0 Å². The van der Waals surface area contributed by atoms with Gasteiger partial charge in [-0.25, -0.2) is 4.98 Å². The van der Waals surface area contributed by atoms with Gasteiger partial charge in [0, 0.05) is 30.5 Å². The minimum atomic E-state index is 0.679. The fourth-order valence-electron chi connectivity index (χ4n) is 2.56. The molecule has 1 saturated carbocycles. The number of nitrogens with one attached hydrogen (secondary N) is 1. The van der Waals surface area contributed by atoms with E-state index in [0.717, 1.165) is 36.5 Å². The molecule has 1 atom stereocenters. The number of rotatable bonds is 4. The fourth-order valence-corrected chi connectivity index (χ4v) is 3.34. The number of anilines is 1. The van der Waals surface area contributed by atoms with Gasteiger partial charge in [-0.05, 0) is 45.2 Å². The van der Waals surface area contributed by atoms with Crippen molar-refractivity contribution in [3.05, 3.63) is 5.82 Å². The smallest absolute Gasteiger partial charge is 0.205 e. The highest BCUT2D eigenvalue weighted by Crippen LogP contribution is 2.40. The Morgan fingerprint density at radius 1 is 1.41 bits per heavy atom. The van der Waals surface area contributed by atoms with E-state index in [4.69, 9.17) is 4.98 Å². The van der Waals surface area contributed by atoms with E-state index in [2.05, 4.69) is 14.6 Å². The topological polar surface area (TPSA) is 41.0 Å². The van der Waals surface area contributed by atoms with Gasteiger partial charge in [-0.3, -0.25) is 0 Å². The van der Waals surface area contributed by atoms with Crippen LogP contribution in [0.3, 0.4) is 0 Å². The number of nitrogens with zero attached hydrogens (tertiary/aromatic N) is 3. The molecule has 0 aromatic carbocycles. The molecule has 1 aliphatic heterocycles. The maximum Gasteiger partial charge on any atom is 0.205 e. The second kappa shape index (κ2) is 4.90. The van der Waals surface area contributed by atoms with Gasteiger partial charge < -0.3 is 10.2 Å². The lowest BCUT2D eigenvalue weighted by Gasteiger charge is -2.32. The second-order valence-corrected chi connectivity index (χ2v) is 5.95. The molecule has 4 nitrogen and oxygen atoms in total. The molecule has 1 N–H and O–H groups in total. The molecule has 2 fully saturated rings. The summed E-state index contributed by atoms with van der Waals surface area (Å²) in [7, 11) is 2.04. The van der Waals surface area contributed by atoms with Crippen molar-refractivity contribution in [2.45, 2.75) is 31.6 Å². The minimum absolute atomic E-state index is 0.679. The van der Waals surface area contributed by atoms with Crippen LogP contribution in [0.1, 0.15) is 37.4 Å². The van der Waals surface area contributed by atoms with Crippen LogP contribution in [0.2, 0.25) is 0 Å². The van der Waals surface area contributed by atoms with Gasteiger partial charge in [0.25, 0.3) is 0 Å². The predicted molar refractivity (Wildman–Crippen MR) is 70.7 cm³/mol. The number of piperidine rings is 1. The van der Waals surface area contributed by atoms with E-state index in [9.17, 15) is 0 Å². The molecule has 3 rings (SSSR count). The van der Waals surface area contributed by atoms with Crippen LogP contribution < -0.4 is 10.2 Å². The van der Waals surface area contributed by atoms with E-state index in [1.165, 1.54) is 25.7 Å². The van der Waals surface area contributed by atoms with Gasteiger partial charge >= 0.3 is 0 Å². The predicted octanol–water partition coefficient (Wildman–Crippen LogP) is 1.85. The highest BCUT2D eigenvalue weighted by Gasteiger charge is 2.29. The molecular weight excluding hydrogens is 232 g/mol. The summed E-state index contributed by atoms with van der Waals surface area (Å²) in [6.45, 7) is 3.41. The van der Waals surface area contributed by atoms with Crippen molar-refractivity contribution in [3.8, 4) is 0 Å². The number of aromatic nitrogens is 2. The fraction of sp³-hybridized carbons (Fsp3) is 0.833. The number of hydrogen-bond donors (Lipinski definition) is 1. The summed E-state index contributed by atoms with van der Waals surface area (Å²) in [5.41, 5.74) is 0. The van der Waals surface area contributed by atoms with Crippen molar-refractivity contribution in [1.82, 2.24) is 14.7 Å². The largest absolute Gasteiger partial charge is 0.347 e. The summed E-state index contributed by atoms with van der Waals surface area (Å²) in [5.74, 6) is 2.54. The molecule has 2 aliphatic rings. The summed E-state index contributed by atoms with van der Waals surface area (Å²) in [6, 6.07) is 0. The van der Waals surface area contributed by atoms with Crippen LogP contribution in [0.5, 0.6) is 0 Å². The normalized spacial score (nSPS) is 25.2. The first-order valence-corrected chi connectivity index (χ1v) is 7.37. The summed E-state index contributed by atoms with van der Waals surface area (Å²) >= 11 is 1.59. The van der Waals surface area contributed by atoms with E-state index in [-0.39, 0.29) is 0 Å². The van der Waals surface area contributed by atoms with Crippen LogP contribution in [0.15, 0.2) is 0 Å². The third kappa shape index (κ3) is 2.60. The van der Waals surface area contributed by atoms with Crippen LogP contribution in [0.4, 0.5) is 5.13 Å². The molecule has 2 heterocycles. The maximum absolute atomic E-state index is 4.70. The third-order valence-corrected chi connectivity index (χ3v) is 4.45. The molecule has 1 aromatic heterocycles. The van der Waals surface area contributed by atoms with Gasteiger partial charge in [0.15, 0.2) is 0 Å². The first-order chi connectivity index (χ1) is 8.36. The molecule has 0 bridgehead atoms. The quantitative estimate of drug-likeness (QED) is 0.888. The monoisotopic (exact) mass is 252 g/mol. The Morgan fingerprint density at radius 2 is 2.29 bits per heavy atom. The van der Waals surface area contributed by atoms with Crippen molar-refractivity contribution < 1.29 is 0 Å². The Morgan fingerprint density at radius 3 is 3.06 bits per heavy atom. The zero-order valence-corrected chi connectivity index (χ0v) is 11.2. The van der Waals surface area contributed by atoms with E-state index < -0.39 is 0 Å². The average Bonchev–Trinajstić information content (AvgIpc) is 3.08. The lowest BCUT2D eigenvalue weighted by molar-refractivity contribution is 0.402. The standard InChI is InChI=1S/C12H20N4S/c1-13-7-9-3-2-6-16(8-9)12-14-11(15-17-12)10-4-5-10/h9-10,13H,2-8H2,1H3. The van der Waals surface area contributed by atoms with E-state index in [1.54, 1.807) is 11.5 Å². The van der Waals surface area contributed by atoms with Crippen LogP contribution >= 0.6 is 11.5 Å². The van der Waals surface area contributed by atoms with Gasteiger partial charge in [-0.1, -0.05) is 0 Å². The SMILES string of the molecule is CNCC1CCCN(c2nc(C3CC3)ns2)C1. The van der Waals surface area contributed by atoms with Crippen LogP contribution in [-0.2, 0) is 0 Å². The molecular formula is C12H20N4S. The lowest BCUT2D eigenvalue weighted by atomic mass is 9.98. The Balaban J connectivity index is 1.65. The highest BCUT2D eigenvalue weighted by atomic mass is 32.1. The Bertz CT molecular complexity index is 372. The molecule has 17 heavy (non-hydrogen) atoms. The molecule has 1 unspecified atom stereocenters. The van der Waals surface area contributed by atoms with Crippen molar-refractivity contribution in [3.63, 3.8) is 0 Å². The third-order valence-electron chi connectivity index (χ3n) is 3.66. The van der Waals surface area contributed by atoms with Gasteiger partial charge in [-0.15, -0.1) is 0 Å². The van der Waals surface area contributed by atoms with E-state index in [1.807, 2.05) is 7.05 Å². The van der Waals surface area contributed by atoms with Gasteiger partial charge in [0.2, 0.25) is 5.13 Å². The maximum atomic E-state index is 4.70. The van der Waals surface area contributed by atoms with Crippen LogP contribution in [-0.4, -0.2) is 36.0 Å². The minimum Gasteiger partial charge on any atom is -0.347 e. The lowest BCUT2D eigenvalue weighted by Crippen LogP contribution is -2.39. The van der Waals surface area contributed by atoms with Gasteiger partial charge in [-0.2, -0.15) is 4.37 Å². The molecule has 0 amide bonds. The molecule has 94 valence electrons. The summed E-state index contributed by atoms with van der Waals surface area (Å²) in [6.07, 6.45) is 5.20. The summed E-state index contributed by atoms with van der Waals surface area (Å²) < 4.78 is 4.50. The van der Waals surface area contributed by atoms with Crippen molar-refractivity contribution in [2.24, 2.45) is 5.92 Å². The Hall–Kier alpha value is -0.680. The summed E-state index contributed by atoms with van der Waals surface area (Å²) in [5, 5.41) is 4.43. The molecule has 0 radical (unpaired) electrons.